The summed E-state index contributed by atoms with van der Waals surface area (Å²) in [4.78, 5) is 19.5. The molecule has 0 atom stereocenters. The Kier molecular flexibility index (Phi) is 2.98. The van der Waals surface area contributed by atoms with Gasteiger partial charge in [0.05, 0.1) is 33.5 Å². The Balaban J connectivity index is 2.01. The highest BCUT2D eigenvalue weighted by Crippen LogP contribution is 2.32. The molecule has 4 nitrogen and oxygen atoms in total. The minimum absolute atomic E-state index is 0.915. The summed E-state index contributed by atoms with van der Waals surface area (Å²) < 4.78 is 0. The standard InChI is InChI=1S/C20H18N4/c1-2-12-9-10-14-18(22-12)17-13(6-5-11-21-17)19-20(14)24-16-8-4-3-7-15(16)23-19/h5-6,9-11H,2-4,7-8H2,1H3. The first-order valence-electron chi connectivity index (χ1n) is 8.71. The van der Waals surface area contributed by atoms with E-state index in [0.717, 1.165) is 69.2 Å². The Morgan fingerprint density at radius 1 is 0.792 bits per heavy atom. The highest BCUT2D eigenvalue weighted by molar-refractivity contribution is 6.20. The van der Waals surface area contributed by atoms with Crippen LogP contribution in [0.15, 0.2) is 30.5 Å². The van der Waals surface area contributed by atoms with E-state index in [-0.39, 0.29) is 0 Å². The van der Waals surface area contributed by atoms with E-state index in [1.807, 2.05) is 12.3 Å². The largest absolute Gasteiger partial charge is 0.254 e. The van der Waals surface area contributed by atoms with Crippen LogP contribution in [0.3, 0.4) is 0 Å². The molecule has 1 aliphatic carbocycles. The van der Waals surface area contributed by atoms with Crippen molar-refractivity contribution in [1.82, 2.24) is 19.9 Å². The van der Waals surface area contributed by atoms with Crippen LogP contribution in [0.1, 0.15) is 36.8 Å². The van der Waals surface area contributed by atoms with E-state index < -0.39 is 0 Å². The smallest absolute Gasteiger partial charge is 0.0992 e. The Morgan fingerprint density at radius 2 is 1.46 bits per heavy atom. The number of hydrogen-bond donors (Lipinski definition) is 0. The molecule has 1 aliphatic rings. The van der Waals surface area contributed by atoms with Crippen LogP contribution in [0.25, 0.3) is 32.8 Å². The Bertz CT molecular complexity index is 1100. The molecule has 4 aromatic rings. The Morgan fingerprint density at radius 3 is 2.17 bits per heavy atom. The monoisotopic (exact) mass is 314 g/mol. The summed E-state index contributed by atoms with van der Waals surface area (Å²) in [5.74, 6) is 0. The van der Waals surface area contributed by atoms with Crippen LogP contribution in [0.4, 0.5) is 0 Å². The van der Waals surface area contributed by atoms with Crippen LogP contribution in [0, 0.1) is 0 Å². The zero-order valence-electron chi connectivity index (χ0n) is 13.7. The van der Waals surface area contributed by atoms with Crippen LogP contribution in [-0.4, -0.2) is 19.9 Å². The number of aromatic nitrogens is 4. The molecule has 0 radical (unpaired) electrons. The van der Waals surface area contributed by atoms with Crippen LogP contribution in [0.5, 0.6) is 0 Å². The van der Waals surface area contributed by atoms with Crippen molar-refractivity contribution in [3.8, 4) is 0 Å². The summed E-state index contributed by atoms with van der Waals surface area (Å²) in [6.45, 7) is 2.13. The molecule has 0 bridgehead atoms. The fraction of sp³-hybridized carbons (Fsp3) is 0.300. The van der Waals surface area contributed by atoms with E-state index in [1.165, 1.54) is 12.8 Å². The van der Waals surface area contributed by atoms with E-state index in [1.54, 1.807) is 0 Å². The van der Waals surface area contributed by atoms with Crippen LogP contribution < -0.4 is 0 Å². The summed E-state index contributed by atoms with van der Waals surface area (Å²) in [5.41, 5.74) is 7.23. The molecule has 5 rings (SSSR count). The van der Waals surface area contributed by atoms with Crippen LogP contribution in [0.2, 0.25) is 0 Å². The molecule has 4 heteroatoms. The van der Waals surface area contributed by atoms with E-state index in [9.17, 15) is 0 Å². The fourth-order valence-electron chi connectivity index (χ4n) is 3.72. The lowest BCUT2D eigenvalue weighted by atomic mass is 9.99. The number of hydrogen-bond acceptors (Lipinski definition) is 4. The Hall–Kier alpha value is -2.62. The predicted molar refractivity (Wildman–Crippen MR) is 96.2 cm³/mol. The van der Waals surface area contributed by atoms with Crippen molar-refractivity contribution in [3.05, 3.63) is 47.5 Å². The first kappa shape index (κ1) is 13.8. The molecule has 0 spiro atoms. The van der Waals surface area contributed by atoms with Gasteiger partial charge in [0, 0.05) is 22.7 Å². The van der Waals surface area contributed by atoms with Gasteiger partial charge in [0.25, 0.3) is 0 Å². The van der Waals surface area contributed by atoms with Crippen molar-refractivity contribution in [2.24, 2.45) is 0 Å². The van der Waals surface area contributed by atoms with Crippen molar-refractivity contribution in [2.75, 3.05) is 0 Å². The van der Waals surface area contributed by atoms with Gasteiger partial charge in [-0.1, -0.05) is 6.92 Å². The molecule has 0 saturated carbocycles. The maximum atomic E-state index is 5.02. The maximum Gasteiger partial charge on any atom is 0.0992 e. The molecule has 3 heterocycles. The van der Waals surface area contributed by atoms with Gasteiger partial charge in [0.2, 0.25) is 0 Å². The second-order valence-electron chi connectivity index (χ2n) is 6.47. The van der Waals surface area contributed by atoms with E-state index in [2.05, 4.69) is 30.1 Å². The lowest BCUT2D eigenvalue weighted by Gasteiger charge is -2.16. The van der Waals surface area contributed by atoms with Gasteiger partial charge in [-0.25, -0.2) is 9.97 Å². The molecule has 118 valence electrons. The number of nitrogens with zero attached hydrogens (tertiary/aromatic N) is 4. The molecule has 1 aromatic carbocycles. The SMILES string of the molecule is CCc1ccc2c(n1)c1ncccc1c1nc3c(nc21)CCCC3. The molecular weight excluding hydrogens is 296 g/mol. The van der Waals surface area contributed by atoms with Gasteiger partial charge < -0.3 is 0 Å². The summed E-state index contributed by atoms with van der Waals surface area (Å²) in [6.07, 6.45) is 7.23. The van der Waals surface area contributed by atoms with Gasteiger partial charge in [-0.2, -0.15) is 0 Å². The van der Waals surface area contributed by atoms with Crippen molar-refractivity contribution >= 4 is 32.8 Å². The first-order chi connectivity index (χ1) is 11.8. The van der Waals surface area contributed by atoms with Crippen molar-refractivity contribution < 1.29 is 0 Å². The number of aryl methyl sites for hydroxylation is 3. The molecule has 0 aliphatic heterocycles. The molecule has 0 N–H and O–H groups in total. The minimum Gasteiger partial charge on any atom is -0.254 e. The van der Waals surface area contributed by atoms with Crippen molar-refractivity contribution in [3.63, 3.8) is 0 Å². The first-order valence-corrected chi connectivity index (χ1v) is 8.71. The zero-order chi connectivity index (χ0) is 16.1. The van der Waals surface area contributed by atoms with Crippen LogP contribution in [-0.2, 0) is 19.3 Å². The van der Waals surface area contributed by atoms with E-state index >= 15 is 0 Å². The van der Waals surface area contributed by atoms with Gasteiger partial charge in [-0.3, -0.25) is 9.97 Å². The second kappa shape index (κ2) is 5.20. The molecule has 0 fully saturated rings. The third-order valence-corrected chi connectivity index (χ3v) is 4.99. The third-order valence-electron chi connectivity index (χ3n) is 4.99. The van der Waals surface area contributed by atoms with E-state index in [0.29, 0.717) is 0 Å². The summed E-state index contributed by atoms with van der Waals surface area (Å²) in [7, 11) is 0. The second-order valence-corrected chi connectivity index (χ2v) is 6.47. The quantitative estimate of drug-likeness (QED) is 0.495. The van der Waals surface area contributed by atoms with E-state index in [4.69, 9.17) is 15.0 Å². The van der Waals surface area contributed by atoms with Gasteiger partial charge in [-0.05, 0) is 56.4 Å². The van der Waals surface area contributed by atoms with Crippen LogP contribution >= 0.6 is 0 Å². The molecule has 3 aromatic heterocycles. The molecule has 0 amide bonds. The number of pyridine rings is 2. The van der Waals surface area contributed by atoms with Gasteiger partial charge in [0.15, 0.2) is 0 Å². The van der Waals surface area contributed by atoms with Crippen molar-refractivity contribution in [2.45, 2.75) is 39.0 Å². The molecule has 24 heavy (non-hydrogen) atoms. The number of rotatable bonds is 1. The topological polar surface area (TPSA) is 51.6 Å². The summed E-state index contributed by atoms with van der Waals surface area (Å²) in [6, 6.07) is 8.30. The molecular formula is C20H18N4. The average molecular weight is 314 g/mol. The van der Waals surface area contributed by atoms with Gasteiger partial charge >= 0.3 is 0 Å². The minimum atomic E-state index is 0.915. The molecule has 0 unspecified atom stereocenters. The predicted octanol–water partition coefficient (Wildman–Crippen LogP) is 4.17. The highest BCUT2D eigenvalue weighted by Gasteiger charge is 2.18. The highest BCUT2D eigenvalue weighted by atomic mass is 14.9. The Labute approximate surface area is 140 Å². The average Bonchev–Trinajstić information content (AvgIpc) is 2.66. The van der Waals surface area contributed by atoms with Crippen molar-refractivity contribution in [1.29, 1.82) is 0 Å². The number of fused-ring (bicyclic) bond motifs is 7. The zero-order valence-corrected chi connectivity index (χ0v) is 13.7. The normalized spacial score (nSPS) is 14.4. The lowest BCUT2D eigenvalue weighted by Crippen LogP contribution is -2.08. The lowest BCUT2D eigenvalue weighted by molar-refractivity contribution is 0.655. The third kappa shape index (κ3) is 1.92. The van der Waals surface area contributed by atoms with Gasteiger partial charge in [-0.15, -0.1) is 0 Å². The fourth-order valence-corrected chi connectivity index (χ4v) is 3.72. The molecule has 0 saturated heterocycles. The summed E-state index contributed by atoms with van der Waals surface area (Å²) in [5, 5.41) is 2.12. The van der Waals surface area contributed by atoms with Gasteiger partial charge in [0.1, 0.15) is 0 Å². The maximum absolute atomic E-state index is 5.02. The summed E-state index contributed by atoms with van der Waals surface area (Å²) >= 11 is 0. The number of benzene rings is 1.